The maximum Gasteiger partial charge on any atom is 0.258 e. The maximum absolute atomic E-state index is 10.4. The first-order valence-corrected chi connectivity index (χ1v) is 12.0. The Kier molecular flexibility index (Phi) is 6.05. The summed E-state index contributed by atoms with van der Waals surface area (Å²) in [7, 11) is 1.52. The molecule has 2 aromatic heterocycles. The van der Waals surface area contributed by atoms with Crippen LogP contribution < -0.4 is 10.1 Å². The van der Waals surface area contributed by atoms with Crippen LogP contribution in [-0.4, -0.2) is 51.6 Å². The van der Waals surface area contributed by atoms with E-state index in [1.165, 1.54) is 7.11 Å². The van der Waals surface area contributed by atoms with Gasteiger partial charge in [-0.05, 0) is 61.1 Å². The summed E-state index contributed by atoms with van der Waals surface area (Å²) in [5.41, 5.74) is 2.52. The van der Waals surface area contributed by atoms with Gasteiger partial charge in [-0.1, -0.05) is 17.3 Å². The normalized spacial score (nSPS) is 20.9. The molecule has 0 amide bonds. The second kappa shape index (κ2) is 9.12. The summed E-state index contributed by atoms with van der Waals surface area (Å²) in [4.78, 5) is 7.66. The quantitative estimate of drug-likeness (QED) is 0.495. The van der Waals surface area contributed by atoms with E-state index in [4.69, 9.17) is 31.2 Å². The van der Waals surface area contributed by atoms with Crippen molar-refractivity contribution >= 4 is 34.2 Å². The number of allylic oxidation sites excluding steroid dienone is 1. The number of thiophene rings is 1. The zero-order chi connectivity index (χ0) is 22.9. The largest absolute Gasteiger partial charge is 0.504 e. The molecule has 2 aliphatic heterocycles. The number of hydrogen-bond acceptors (Lipinski definition) is 8. The molecule has 1 saturated heterocycles. The van der Waals surface area contributed by atoms with E-state index in [1.807, 2.05) is 35.4 Å². The van der Waals surface area contributed by atoms with Gasteiger partial charge >= 0.3 is 0 Å². The lowest BCUT2D eigenvalue weighted by atomic mass is 9.94. The first-order chi connectivity index (χ1) is 16.0. The third kappa shape index (κ3) is 4.21. The van der Waals surface area contributed by atoms with E-state index in [2.05, 4.69) is 10.5 Å². The van der Waals surface area contributed by atoms with Crippen LogP contribution in [0.5, 0.6) is 11.5 Å². The number of nitrogens with one attached hydrogen (secondary N) is 1. The Labute approximate surface area is 200 Å². The second-order valence-corrected chi connectivity index (χ2v) is 9.29. The van der Waals surface area contributed by atoms with Crippen LogP contribution in [0.15, 0.2) is 45.9 Å². The van der Waals surface area contributed by atoms with Gasteiger partial charge in [-0.15, -0.1) is 11.3 Å². The van der Waals surface area contributed by atoms with E-state index >= 15 is 0 Å². The summed E-state index contributed by atoms with van der Waals surface area (Å²) < 4.78 is 16.8. The minimum atomic E-state index is -0.383. The van der Waals surface area contributed by atoms with Crippen LogP contribution in [0.25, 0.3) is 16.3 Å². The van der Waals surface area contributed by atoms with E-state index in [0.717, 1.165) is 41.2 Å². The predicted molar refractivity (Wildman–Crippen MR) is 129 cm³/mol. The van der Waals surface area contributed by atoms with Crippen LogP contribution >= 0.6 is 23.6 Å². The molecule has 8 nitrogen and oxygen atoms in total. The van der Waals surface area contributed by atoms with E-state index in [1.54, 1.807) is 23.5 Å². The van der Waals surface area contributed by atoms with Gasteiger partial charge in [0.15, 0.2) is 16.6 Å². The molecule has 172 valence electrons. The highest BCUT2D eigenvalue weighted by Gasteiger charge is 2.35. The van der Waals surface area contributed by atoms with Gasteiger partial charge in [0.2, 0.25) is 5.82 Å². The van der Waals surface area contributed by atoms with Gasteiger partial charge in [0.1, 0.15) is 0 Å². The molecule has 0 saturated carbocycles. The summed E-state index contributed by atoms with van der Waals surface area (Å²) in [6, 6.07) is 8.81. The van der Waals surface area contributed by atoms with E-state index < -0.39 is 0 Å². The van der Waals surface area contributed by atoms with E-state index in [-0.39, 0.29) is 17.9 Å². The molecule has 0 bridgehead atoms. The number of hydrogen-bond donors (Lipinski definition) is 2. The van der Waals surface area contributed by atoms with Crippen LogP contribution in [0.4, 0.5) is 0 Å². The molecule has 1 fully saturated rings. The minimum absolute atomic E-state index is 0.0475. The third-order valence-electron chi connectivity index (χ3n) is 5.94. The molecule has 0 aliphatic carbocycles. The lowest BCUT2D eigenvalue weighted by Crippen LogP contribution is -2.48. The van der Waals surface area contributed by atoms with E-state index in [9.17, 15) is 5.11 Å². The fraction of sp³-hybridized carbons (Fsp3) is 0.348. The van der Waals surface area contributed by atoms with Crippen molar-refractivity contribution in [3.05, 3.63) is 52.9 Å². The third-order valence-corrected chi connectivity index (χ3v) is 7.14. The van der Waals surface area contributed by atoms with Gasteiger partial charge in [-0.2, -0.15) is 4.98 Å². The number of aromatic hydroxyl groups is 1. The predicted octanol–water partition coefficient (Wildman–Crippen LogP) is 4.35. The number of aromatic nitrogens is 2. The molecule has 10 heteroatoms. The average molecular weight is 485 g/mol. The smallest absolute Gasteiger partial charge is 0.258 e. The van der Waals surface area contributed by atoms with Crippen molar-refractivity contribution in [2.24, 2.45) is 0 Å². The lowest BCUT2D eigenvalue weighted by Gasteiger charge is -2.38. The molecule has 2 N–H and O–H groups in total. The summed E-state index contributed by atoms with van der Waals surface area (Å²) in [6.45, 7) is 3.42. The van der Waals surface area contributed by atoms with Gasteiger partial charge in [-0.25, -0.2) is 0 Å². The number of phenols is 1. The van der Waals surface area contributed by atoms with Gasteiger partial charge in [-0.3, -0.25) is 0 Å². The Morgan fingerprint density at radius 3 is 2.94 bits per heavy atom. The monoisotopic (exact) mass is 484 g/mol. The Morgan fingerprint density at radius 1 is 1.36 bits per heavy atom. The lowest BCUT2D eigenvalue weighted by molar-refractivity contribution is 0.0962. The molecular weight excluding hydrogens is 460 g/mol. The highest BCUT2D eigenvalue weighted by molar-refractivity contribution is 7.80. The molecule has 5 rings (SSSR count). The summed E-state index contributed by atoms with van der Waals surface area (Å²) >= 11 is 7.29. The van der Waals surface area contributed by atoms with Crippen molar-refractivity contribution < 1.29 is 19.1 Å². The van der Waals surface area contributed by atoms with Gasteiger partial charge in [0.25, 0.3) is 5.89 Å². The van der Waals surface area contributed by atoms with Crippen LogP contribution in [0.3, 0.4) is 0 Å². The van der Waals surface area contributed by atoms with Crippen molar-refractivity contribution in [3.8, 4) is 22.2 Å². The molecule has 33 heavy (non-hydrogen) atoms. The fourth-order valence-corrected chi connectivity index (χ4v) is 5.22. The van der Waals surface area contributed by atoms with Crippen molar-refractivity contribution in [1.29, 1.82) is 0 Å². The first kappa shape index (κ1) is 21.9. The van der Waals surface area contributed by atoms with Gasteiger partial charge in [0.05, 0.1) is 36.3 Å². The Hall–Kier alpha value is -2.95. The Bertz CT molecular complexity index is 1190. The standard InChI is InChI=1S/C23H24N4O4S2/c1-13-19(22-25-21(26-31-22)18-6-4-10-33-18)20(14-7-8-17(29-2)16(28)11-14)24-23(32)27(13)12-15-5-3-9-30-15/h4,6-8,10-11,15,20,28H,3,5,9,12H2,1-2H3,(H,24,32). The molecule has 4 heterocycles. The van der Waals surface area contributed by atoms with Crippen LogP contribution in [0.1, 0.15) is 37.3 Å². The SMILES string of the molecule is COc1ccc(C2NC(=S)N(CC3CCCO3)C(C)=C2c2nc(-c3cccs3)no2)cc1O. The minimum Gasteiger partial charge on any atom is -0.504 e. The average Bonchev–Trinajstić information content (AvgIpc) is 3.58. The fourth-order valence-electron chi connectivity index (χ4n) is 4.25. The number of rotatable bonds is 6. The number of benzene rings is 1. The van der Waals surface area contributed by atoms with Crippen LogP contribution in [-0.2, 0) is 4.74 Å². The van der Waals surface area contributed by atoms with Crippen LogP contribution in [0.2, 0.25) is 0 Å². The molecule has 0 spiro atoms. The number of thiocarbonyl (C=S) groups is 1. The topological polar surface area (TPSA) is 92.9 Å². The van der Waals surface area contributed by atoms with E-state index in [0.29, 0.717) is 29.1 Å². The molecule has 0 radical (unpaired) electrons. The van der Waals surface area contributed by atoms with Crippen molar-refractivity contribution in [3.63, 3.8) is 0 Å². The number of ether oxygens (including phenoxy) is 2. The zero-order valence-electron chi connectivity index (χ0n) is 18.3. The Balaban J connectivity index is 1.58. The molecule has 2 aliphatic rings. The molecular formula is C23H24N4O4S2. The summed E-state index contributed by atoms with van der Waals surface area (Å²) in [5.74, 6) is 1.39. The Morgan fingerprint density at radius 2 is 2.24 bits per heavy atom. The summed E-state index contributed by atoms with van der Waals surface area (Å²) in [6.07, 6.45) is 2.17. The first-order valence-electron chi connectivity index (χ1n) is 10.7. The van der Waals surface area contributed by atoms with Crippen molar-refractivity contribution in [2.45, 2.75) is 31.9 Å². The zero-order valence-corrected chi connectivity index (χ0v) is 19.9. The van der Waals surface area contributed by atoms with Crippen LogP contribution in [0, 0.1) is 0 Å². The number of phenolic OH excluding ortho intramolecular Hbond substituents is 1. The maximum atomic E-state index is 10.4. The second-order valence-electron chi connectivity index (χ2n) is 7.96. The number of methoxy groups -OCH3 is 1. The number of nitrogens with zero attached hydrogens (tertiary/aromatic N) is 3. The van der Waals surface area contributed by atoms with Gasteiger partial charge < -0.3 is 29.3 Å². The molecule has 2 unspecified atom stereocenters. The van der Waals surface area contributed by atoms with Crippen molar-refractivity contribution in [1.82, 2.24) is 20.4 Å². The highest BCUT2D eigenvalue weighted by atomic mass is 32.1. The highest BCUT2D eigenvalue weighted by Crippen LogP contribution is 2.40. The molecule has 3 aromatic rings. The van der Waals surface area contributed by atoms with Gasteiger partial charge in [0, 0.05) is 12.3 Å². The summed E-state index contributed by atoms with van der Waals surface area (Å²) in [5, 5.41) is 20.6. The molecule has 2 atom stereocenters. The molecule has 1 aromatic carbocycles. The van der Waals surface area contributed by atoms with Crippen molar-refractivity contribution in [2.75, 3.05) is 20.3 Å².